The average molecular weight is 425 g/mol. The number of guanidine groups is 1. The van der Waals surface area contributed by atoms with Crippen LogP contribution in [0.5, 0.6) is 0 Å². The number of nitrogens with zero attached hydrogens (tertiary/aromatic N) is 1. The van der Waals surface area contributed by atoms with Crippen molar-refractivity contribution < 1.29 is 9.18 Å². The Morgan fingerprint density at radius 2 is 2.04 bits per heavy atom. The molecular weight excluding hydrogens is 399 g/mol. The highest BCUT2D eigenvalue weighted by Crippen LogP contribution is 2.26. The van der Waals surface area contributed by atoms with E-state index in [1.807, 2.05) is 6.07 Å². The van der Waals surface area contributed by atoms with Gasteiger partial charge in [0, 0.05) is 41.6 Å². The third-order valence-electron chi connectivity index (χ3n) is 4.99. The molecule has 0 bridgehead atoms. The number of hydrogen-bond acceptors (Lipinski definition) is 2. The number of amides is 1. The Kier molecular flexibility index (Phi) is 6.51. The molecule has 2 aliphatic carbocycles. The first-order valence-corrected chi connectivity index (χ1v) is 10.1. The molecule has 7 heteroatoms. The first-order valence-electron chi connectivity index (χ1n) is 9.26. The lowest BCUT2D eigenvalue weighted by Crippen LogP contribution is -2.47. The van der Waals surface area contributed by atoms with Crippen molar-refractivity contribution in [3.05, 3.63) is 34.1 Å². The van der Waals surface area contributed by atoms with E-state index in [1.54, 1.807) is 13.1 Å². The van der Waals surface area contributed by atoms with Crippen molar-refractivity contribution in [1.29, 1.82) is 0 Å². The maximum Gasteiger partial charge on any atom is 0.223 e. The van der Waals surface area contributed by atoms with Gasteiger partial charge in [-0.3, -0.25) is 9.79 Å². The van der Waals surface area contributed by atoms with E-state index in [1.165, 1.54) is 6.07 Å². The van der Waals surface area contributed by atoms with Crippen molar-refractivity contribution in [3.8, 4) is 0 Å². The fraction of sp³-hybridized carbons (Fsp3) is 0.579. The van der Waals surface area contributed by atoms with Gasteiger partial charge in [-0.15, -0.1) is 0 Å². The minimum absolute atomic E-state index is 0.0730. The Labute approximate surface area is 162 Å². The van der Waals surface area contributed by atoms with Crippen molar-refractivity contribution in [2.75, 3.05) is 7.05 Å². The molecule has 5 nitrogen and oxygen atoms in total. The Morgan fingerprint density at radius 1 is 1.23 bits per heavy atom. The van der Waals surface area contributed by atoms with Crippen molar-refractivity contribution in [3.63, 3.8) is 0 Å². The molecule has 1 aromatic carbocycles. The number of rotatable bonds is 5. The Bertz CT molecular complexity index is 678. The number of aliphatic imine (C=N–C) groups is 1. The van der Waals surface area contributed by atoms with Crippen LogP contribution in [0.4, 0.5) is 4.39 Å². The monoisotopic (exact) mass is 424 g/mol. The molecule has 1 aromatic rings. The van der Waals surface area contributed by atoms with Gasteiger partial charge in [0.25, 0.3) is 0 Å². The van der Waals surface area contributed by atoms with Crippen LogP contribution in [0, 0.1) is 11.7 Å². The number of halogens is 2. The Balaban J connectivity index is 1.49. The van der Waals surface area contributed by atoms with Crippen LogP contribution in [0.25, 0.3) is 0 Å². The van der Waals surface area contributed by atoms with Gasteiger partial charge in [0.05, 0.1) is 0 Å². The first kappa shape index (κ1) is 19.1. The average Bonchev–Trinajstić information content (AvgIpc) is 3.44. The van der Waals surface area contributed by atoms with Crippen LogP contribution in [0.1, 0.15) is 44.1 Å². The van der Waals surface area contributed by atoms with E-state index in [2.05, 4.69) is 36.9 Å². The van der Waals surface area contributed by atoms with Gasteiger partial charge >= 0.3 is 0 Å². The zero-order chi connectivity index (χ0) is 18.5. The minimum Gasteiger partial charge on any atom is -0.354 e. The topological polar surface area (TPSA) is 65.5 Å². The van der Waals surface area contributed by atoms with Gasteiger partial charge in [-0.05, 0) is 44.2 Å². The van der Waals surface area contributed by atoms with Crippen molar-refractivity contribution in [1.82, 2.24) is 16.0 Å². The standard InChI is InChI=1S/C19H26BrFN4O/c1-22-19(23-11-13-5-6-14(20)10-17(13)21)25-16-4-2-3-12(9-16)18(26)24-15-7-8-15/h5-6,10,12,15-16H,2-4,7-9,11H2,1H3,(H,24,26)(H2,22,23,25). The lowest BCUT2D eigenvalue weighted by atomic mass is 9.85. The summed E-state index contributed by atoms with van der Waals surface area (Å²) in [5.41, 5.74) is 0.585. The lowest BCUT2D eigenvalue weighted by Gasteiger charge is -2.30. The summed E-state index contributed by atoms with van der Waals surface area (Å²) in [7, 11) is 1.70. The summed E-state index contributed by atoms with van der Waals surface area (Å²) in [6, 6.07) is 5.64. The number of nitrogens with one attached hydrogen (secondary N) is 3. The number of carbonyl (C=O) groups is 1. The summed E-state index contributed by atoms with van der Waals surface area (Å²) in [6.45, 7) is 0.358. The molecule has 0 heterocycles. The van der Waals surface area contributed by atoms with Crippen molar-refractivity contribution in [2.24, 2.45) is 10.9 Å². The molecule has 2 unspecified atom stereocenters. The molecule has 3 rings (SSSR count). The summed E-state index contributed by atoms with van der Waals surface area (Å²) in [4.78, 5) is 16.5. The third-order valence-corrected chi connectivity index (χ3v) is 5.49. The van der Waals surface area contributed by atoms with Gasteiger partial charge in [0.1, 0.15) is 5.82 Å². The van der Waals surface area contributed by atoms with Gasteiger partial charge in [-0.25, -0.2) is 4.39 Å². The van der Waals surface area contributed by atoms with Crippen LogP contribution in [0.15, 0.2) is 27.7 Å². The molecule has 2 aliphatic rings. The maximum absolute atomic E-state index is 13.9. The van der Waals surface area contributed by atoms with E-state index in [0.717, 1.165) is 43.0 Å². The van der Waals surface area contributed by atoms with E-state index in [9.17, 15) is 9.18 Å². The van der Waals surface area contributed by atoms with Crippen LogP contribution >= 0.6 is 15.9 Å². The normalized spacial score (nSPS) is 23.4. The molecule has 0 aliphatic heterocycles. The SMILES string of the molecule is CN=C(NCc1ccc(Br)cc1F)NC1CCCC(C(=O)NC2CC2)C1. The van der Waals surface area contributed by atoms with Crippen molar-refractivity contribution in [2.45, 2.75) is 57.2 Å². The molecule has 2 atom stereocenters. The molecule has 1 amide bonds. The van der Waals surface area contributed by atoms with E-state index in [-0.39, 0.29) is 23.7 Å². The molecule has 26 heavy (non-hydrogen) atoms. The molecule has 0 saturated heterocycles. The summed E-state index contributed by atoms with van der Waals surface area (Å²) < 4.78 is 14.7. The summed E-state index contributed by atoms with van der Waals surface area (Å²) >= 11 is 3.26. The van der Waals surface area contributed by atoms with Gasteiger partial charge in [-0.2, -0.15) is 0 Å². The predicted molar refractivity (Wildman–Crippen MR) is 104 cm³/mol. The quantitative estimate of drug-likeness (QED) is 0.502. The first-order chi connectivity index (χ1) is 12.5. The predicted octanol–water partition coefficient (Wildman–Crippen LogP) is 3.09. The molecule has 2 fully saturated rings. The summed E-state index contributed by atoms with van der Waals surface area (Å²) in [5, 5.41) is 9.66. The fourth-order valence-corrected chi connectivity index (χ4v) is 3.67. The summed E-state index contributed by atoms with van der Waals surface area (Å²) in [6.07, 6.45) is 6.03. The van der Waals surface area contributed by atoms with Gasteiger partial charge in [0.2, 0.25) is 5.91 Å². The van der Waals surface area contributed by atoms with Crippen LogP contribution in [-0.4, -0.2) is 31.0 Å². The second-order valence-corrected chi connectivity index (χ2v) is 8.06. The van der Waals surface area contributed by atoms with E-state index in [0.29, 0.717) is 24.1 Å². The summed E-state index contributed by atoms with van der Waals surface area (Å²) in [5.74, 6) is 0.653. The van der Waals surface area contributed by atoms with E-state index >= 15 is 0 Å². The highest BCUT2D eigenvalue weighted by molar-refractivity contribution is 9.10. The molecule has 0 radical (unpaired) electrons. The second kappa shape index (κ2) is 8.84. The second-order valence-electron chi connectivity index (χ2n) is 7.15. The Hall–Kier alpha value is -1.63. The fourth-order valence-electron chi connectivity index (χ4n) is 3.34. The number of hydrogen-bond donors (Lipinski definition) is 3. The molecule has 0 aromatic heterocycles. The smallest absolute Gasteiger partial charge is 0.223 e. The maximum atomic E-state index is 13.9. The zero-order valence-electron chi connectivity index (χ0n) is 15.0. The molecule has 142 valence electrons. The number of benzene rings is 1. The molecule has 2 saturated carbocycles. The van der Waals surface area contributed by atoms with Gasteiger partial charge in [0.15, 0.2) is 5.96 Å². The third kappa shape index (κ3) is 5.43. The van der Waals surface area contributed by atoms with Crippen LogP contribution in [0.2, 0.25) is 0 Å². The van der Waals surface area contributed by atoms with Crippen molar-refractivity contribution >= 4 is 27.8 Å². The molecule has 3 N–H and O–H groups in total. The van der Waals surface area contributed by atoms with Gasteiger partial charge in [-0.1, -0.05) is 28.4 Å². The number of carbonyl (C=O) groups excluding carboxylic acids is 1. The Morgan fingerprint density at radius 3 is 2.73 bits per heavy atom. The molecule has 0 spiro atoms. The van der Waals surface area contributed by atoms with Crippen LogP contribution in [-0.2, 0) is 11.3 Å². The lowest BCUT2D eigenvalue weighted by molar-refractivity contribution is -0.126. The largest absolute Gasteiger partial charge is 0.354 e. The highest BCUT2D eigenvalue weighted by Gasteiger charge is 2.31. The highest BCUT2D eigenvalue weighted by atomic mass is 79.9. The van der Waals surface area contributed by atoms with Crippen LogP contribution in [0.3, 0.4) is 0 Å². The van der Waals surface area contributed by atoms with E-state index in [4.69, 9.17) is 0 Å². The minimum atomic E-state index is -0.253. The van der Waals surface area contributed by atoms with Crippen LogP contribution < -0.4 is 16.0 Å². The van der Waals surface area contributed by atoms with E-state index < -0.39 is 0 Å². The van der Waals surface area contributed by atoms with Gasteiger partial charge < -0.3 is 16.0 Å². The zero-order valence-corrected chi connectivity index (χ0v) is 16.6. The molecular formula is C19H26BrFN4O.